The number of carbonyl (C=O) groups is 1. The minimum Gasteiger partial charge on any atom is -0.486 e. The van der Waals surface area contributed by atoms with E-state index >= 15 is 0 Å². The Balaban J connectivity index is 1.45. The number of ether oxygens (including phenoxy) is 1. The maximum Gasteiger partial charge on any atom is 0.279 e. The molecule has 170 valence electrons. The van der Waals surface area contributed by atoms with Gasteiger partial charge in [0.1, 0.15) is 24.0 Å². The van der Waals surface area contributed by atoms with Gasteiger partial charge in [0.25, 0.3) is 5.91 Å². The van der Waals surface area contributed by atoms with E-state index in [0.717, 1.165) is 12.1 Å². The second-order valence-corrected chi connectivity index (χ2v) is 7.39. The van der Waals surface area contributed by atoms with Crippen LogP contribution in [0.25, 0.3) is 0 Å². The van der Waals surface area contributed by atoms with E-state index in [1.807, 2.05) is 0 Å². The summed E-state index contributed by atoms with van der Waals surface area (Å²) in [5.74, 6) is -2.43. The largest absolute Gasteiger partial charge is 0.486 e. The predicted octanol–water partition coefficient (Wildman–Crippen LogP) is 5.13. The fourth-order valence-electron chi connectivity index (χ4n) is 3.02. The molecular weight excluding hydrogens is 461 g/mol. The number of carbonyl (C=O) groups excluding carboxylic acids is 1. The van der Waals surface area contributed by atoms with Crippen molar-refractivity contribution in [3.63, 3.8) is 0 Å². The summed E-state index contributed by atoms with van der Waals surface area (Å²) in [7, 11) is 0. The van der Waals surface area contributed by atoms with Gasteiger partial charge in [0.15, 0.2) is 23.1 Å². The van der Waals surface area contributed by atoms with Crippen LogP contribution in [0, 0.1) is 24.4 Å². The Bertz CT molecular complexity index is 1300. The lowest BCUT2D eigenvalue weighted by Crippen LogP contribution is -2.16. The molecule has 0 aliphatic heterocycles. The molecule has 11 heteroatoms. The van der Waals surface area contributed by atoms with Gasteiger partial charge in [-0.05, 0) is 31.2 Å². The summed E-state index contributed by atoms with van der Waals surface area (Å²) in [5.41, 5.74) is 0.468. The van der Waals surface area contributed by atoms with Crippen molar-refractivity contribution in [1.82, 2.24) is 14.9 Å². The van der Waals surface area contributed by atoms with Crippen molar-refractivity contribution < 1.29 is 27.2 Å². The summed E-state index contributed by atoms with van der Waals surface area (Å²) in [6.07, 6.45) is 1.55. The Morgan fingerprint density at radius 3 is 2.73 bits per heavy atom. The van der Waals surface area contributed by atoms with Crippen molar-refractivity contribution in [2.45, 2.75) is 20.1 Å². The van der Waals surface area contributed by atoms with E-state index in [9.17, 15) is 18.0 Å². The molecule has 4 aromatic rings. The van der Waals surface area contributed by atoms with Gasteiger partial charge >= 0.3 is 0 Å². The summed E-state index contributed by atoms with van der Waals surface area (Å²) in [6.45, 7) is 1.39. The third-order valence-electron chi connectivity index (χ3n) is 4.73. The van der Waals surface area contributed by atoms with E-state index in [2.05, 4.69) is 15.6 Å². The summed E-state index contributed by atoms with van der Waals surface area (Å²) >= 11 is 6.04. The van der Waals surface area contributed by atoms with Crippen molar-refractivity contribution in [3.8, 4) is 5.75 Å². The van der Waals surface area contributed by atoms with Crippen molar-refractivity contribution >= 4 is 23.3 Å². The van der Waals surface area contributed by atoms with Gasteiger partial charge in [0, 0.05) is 28.9 Å². The average Bonchev–Trinajstić information content (AvgIpc) is 3.36. The molecular formula is C22H16ClF3N4O3. The lowest BCUT2D eigenvalue weighted by molar-refractivity contribution is 0.101. The summed E-state index contributed by atoms with van der Waals surface area (Å²) < 4.78 is 52.7. The van der Waals surface area contributed by atoms with Gasteiger partial charge in [0.2, 0.25) is 0 Å². The first kappa shape index (κ1) is 22.4. The molecule has 0 bridgehead atoms. The normalized spacial score (nSPS) is 10.9. The highest BCUT2D eigenvalue weighted by atomic mass is 35.5. The van der Waals surface area contributed by atoms with Gasteiger partial charge in [-0.2, -0.15) is 5.10 Å². The molecule has 2 aromatic heterocycles. The smallest absolute Gasteiger partial charge is 0.279 e. The molecule has 0 fully saturated rings. The van der Waals surface area contributed by atoms with E-state index in [0.29, 0.717) is 11.8 Å². The lowest BCUT2D eigenvalue weighted by atomic mass is 10.2. The zero-order valence-corrected chi connectivity index (χ0v) is 17.9. The second kappa shape index (κ2) is 9.37. The van der Waals surface area contributed by atoms with Gasteiger partial charge in [0.05, 0.1) is 12.1 Å². The van der Waals surface area contributed by atoms with E-state index in [1.54, 1.807) is 19.2 Å². The first-order valence-corrected chi connectivity index (χ1v) is 10.0. The number of nitrogens with one attached hydrogen (secondary N) is 1. The highest BCUT2D eigenvalue weighted by molar-refractivity contribution is 6.31. The molecule has 0 saturated heterocycles. The number of nitrogens with zero attached hydrogens (tertiary/aromatic N) is 3. The van der Waals surface area contributed by atoms with Crippen molar-refractivity contribution in [2.24, 2.45) is 0 Å². The number of hydrogen-bond acceptors (Lipinski definition) is 5. The Morgan fingerprint density at radius 1 is 1.15 bits per heavy atom. The lowest BCUT2D eigenvalue weighted by Gasteiger charge is -2.08. The third-order valence-corrected chi connectivity index (χ3v) is 5.08. The fourth-order valence-corrected chi connectivity index (χ4v) is 3.24. The van der Waals surface area contributed by atoms with Crippen LogP contribution in [0.4, 0.5) is 19.0 Å². The first-order valence-electron chi connectivity index (χ1n) is 9.62. The van der Waals surface area contributed by atoms with Gasteiger partial charge in [-0.25, -0.2) is 13.2 Å². The third kappa shape index (κ3) is 5.01. The average molecular weight is 477 g/mol. The van der Waals surface area contributed by atoms with Crippen LogP contribution in [0.5, 0.6) is 5.75 Å². The number of halogens is 4. The summed E-state index contributed by atoms with van der Waals surface area (Å²) in [6, 6.07) is 8.76. The van der Waals surface area contributed by atoms with E-state index in [1.165, 1.54) is 22.9 Å². The van der Waals surface area contributed by atoms with Gasteiger partial charge in [-0.15, -0.1) is 0 Å². The maximum absolute atomic E-state index is 14.0. The summed E-state index contributed by atoms with van der Waals surface area (Å²) in [4.78, 5) is 12.7. The van der Waals surface area contributed by atoms with Crippen molar-refractivity contribution in [3.05, 3.63) is 93.7 Å². The molecule has 4 rings (SSSR count). The highest BCUT2D eigenvalue weighted by Gasteiger charge is 2.22. The van der Waals surface area contributed by atoms with Crippen molar-refractivity contribution in [1.29, 1.82) is 0 Å². The number of benzene rings is 2. The molecule has 0 aliphatic carbocycles. The van der Waals surface area contributed by atoms with Crippen LogP contribution in [0.1, 0.15) is 27.4 Å². The maximum atomic E-state index is 14.0. The molecule has 2 heterocycles. The Labute approximate surface area is 190 Å². The van der Waals surface area contributed by atoms with E-state index in [4.69, 9.17) is 20.9 Å². The second-order valence-electron chi connectivity index (χ2n) is 6.98. The minimum atomic E-state index is -0.879. The van der Waals surface area contributed by atoms with Crippen LogP contribution < -0.4 is 10.1 Å². The molecule has 0 atom stereocenters. The van der Waals surface area contributed by atoms with Gasteiger partial charge in [-0.3, -0.25) is 9.48 Å². The monoisotopic (exact) mass is 476 g/mol. The van der Waals surface area contributed by atoms with Crippen LogP contribution in [-0.4, -0.2) is 20.8 Å². The molecule has 33 heavy (non-hydrogen) atoms. The van der Waals surface area contributed by atoms with E-state index < -0.39 is 23.4 Å². The quantitative estimate of drug-likeness (QED) is 0.400. The topological polar surface area (TPSA) is 82.2 Å². The van der Waals surface area contributed by atoms with Crippen LogP contribution in [0.15, 0.2) is 53.2 Å². The number of aryl methyl sites for hydroxylation is 1. The SMILES string of the molecule is Cc1onc(C(=O)Nc2ccn(Cc3c(F)cccc3Cl)n2)c1COc1ccc(F)cc1F. The predicted molar refractivity (Wildman–Crippen MR) is 113 cm³/mol. The zero-order chi connectivity index (χ0) is 23.5. The van der Waals surface area contributed by atoms with Gasteiger partial charge in [-0.1, -0.05) is 22.8 Å². The molecule has 1 N–H and O–H groups in total. The van der Waals surface area contributed by atoms with Crippen molar-refractivity contribution in [2.75, 3.05) is 5.32 Å². The summed E-state index contributed by atoms with van der Waals surface area (Å²) in [5, 5.41) is 10.7. The standard InChI is InChI=1S/C22H16ClF3N4O3/c1-12-15(11-32-19-6-5-13(24)9-18(19)26)21(29-33-12)22(31)27-20-7-8-30(28-20)10-14-16(23)3-2-4-17(14)25/h2-9H,10-11H2,1H3,(H,27,28,31). The molecule has 7 nitrogen and oxygen atoms in total. The van der Waals surface area contributed by atoms with Crippen LogP contribution in [0.3, 0.4) is 0 Å². The molecule has 0 aliphatic rings. The first-order chi connectivity index (χ1) is 15.8. The molecule has 2 aromatic carbocycles. The van der Waals surface area contributed by atoms with Crippen LogP contribution >= 0.6 is 11.6 Å². The molecule has 1 amide bonds. The minimum absolute atomic E-state index is 0.0623. The highest BCUT2D eigenvalue weighted by Crippen LogP contribution is 2.23. The molecule has 0 radical (unpaired) electrons. The fraction of sp³-hybridized carbons (Fsp3) is 0.136. The Hall–Kier alpha value is -3.79. The number of hydrogen-bond donors (Lipinski definition) is 1. The van der Waals surface area contributed by atoms with Crippen LogP contribution in [0.2, 0.25) is 5.02 Å². The number of aromatic nitrogens is 3. The molecule has 0 unspecified atom stereocenters. The Morgan fingerprint density at radius 2 is 1.97 bits per heavy atom. The zero-order valence-electron chi connectivity index (χ0n) is 17.1. The number of amides is 1. The number of anilines is 1. The Kier molecular flexibility index (Phi) is 6.36. The van der Waals surface area contributed by atoms with Gasteiger partial charge < -0.3 is 14.6 Å². The van der Waals surface area contributed by atoms with Crippen LogP contribution in [-0.2, 0) is 13.2 Å². The number of rotatable bonds is 7. The molecule has 0 saturated carbocycles. The van der Waals surface area contributed by atoms with E-state index in [-0.39, 0.29) is 46.6 Å². The molecule has 0 spiro atoms.